The highest BCUT2D eigenvalue weighted by Crippen LogP contribution is 2.36. The Hall–Kier alpha value is -2.15. The molecule has 0 spiro atoms. The average Bonchev–Trinajstić information content (AvgIpc) is 2.89. The van der Waals surface area contributed by atoms with E-state index in [1.165, 1.54) is 12.3 Å². The smallest absolute Gasteiger partial charge is 0.268 e. The molecule has 7 heteroatoms. The Labute approximate surface area is 131 Å². The summed E-state index contributed by atoms with van der Waals surface area (Å²) in [6.07, 6.45) is -3.22. The molecule has 0 saturated carbocycles. The summed E-state index contributed by atoms with van der Waals surface area (Å²) in [5.41, 5.74) is -0.491. The molecule has 1 aromatic carbocycles. The molecule has 0 atom stereocenters. The zero-order chi connectivity index (χ0) is 15.9. The van der Waals surface area contributed by atoms with Gasteiger partial charge in [0, 0.05) is 17.1 Å². The summed E-state index contributed by atoms with van der Waals surface area (Å²) in [5.74, 6) is -0.436. The van der Waals surface area contributed by atoms with Gasteiger partial charge in [-0.25, -0.2) is 4.98 Å². The van der Waals surface area contributed by atoms with Gasteiger partial charge >= 0.3 is 6.18 Å². The molecule has 0 amide bonds. The monoisotopic (exact) mass is 368 g/mol. The Morgan fingerprint density at radius 1 is 1.14 bits per heavy atom. The highest BCUT2D eigenvalue weighted by Gasteiger charge is 2.34. The second-order valence-corrected chi connectivity index (χ2v) is 5.40. The van der Waals surface area contributed by atoms with Gasteiger partial charge in [0.05, 0.1) is 5.56 Å². The van der Waals surface area contributed by atoms with Crippen molar-refractivity contribution in [1.82, 2.24) is 9.55 Å². The lowest BCUT2D eigenvalue weighted by atomic mass is 10.2. The van der Waals surface area contributed by atoms with E-state index >= 15 is 0 Å². The van der Waals surface area contributed by atoms with Crippen molar-refractivity contribution >= 4 is 32.9 Å². The van der Waals surface area contributed by atoms with Crippen molar-refractivity contribution in [3.05, 3.63) is 64.4 Å². The highest BCUT2D eigenvalue weighted by atomic mass is 79.9. The highest BCUT2D eigenvalue weighted by molar-refractivity contribution is 9.10. The molecule has 0 N–H and O–H groups in total. The number of carbonyl (C=O) groups excluding carboxylic acids is 1. The van der Waals surface area contributed by atoms with Gasteiger partial charge in [-0.1, -0.05) is 18.2 Å². The van der Waals surface area contributed by atoms with E-state index in [1.54, 1.807) is 30.3 Å². The predicted molar refractivity (Wildman–Crippen MR) is 78.6 cm³/mol. The SMILES string of the molecule is O=C(c1ccccc1)n1ccc2c(C(F)(F)F)cc(Br)nc21. The maximum absolute atomic E-state index is 13.1. The van der Waals surface area contributed by atoms with Crippen LogP contribution in [-0.2, 0) is 6.18 Å². The second kappa shape index (κ2) is 5.24. The first-order chi connectivity index (χ1) is 10.4. The third-order valence-electron chi connectivity index (χ3n) is 3.17. The number of alkyl halides is 3. The van der Waals surface area contributed by atoms with Crippen molar-refractivity contribution in [2.75, 3.05) is 0 Å². The summed E-state index contributed by atoms with van der Waals surface area (Å²) in [6, 6.07) is 10.5. The molecule has 0 aliphatic rings. The molecule has 2 heterocycles. The van der Waals surface area contributed by atoms with Crippen LogP contribution in [0, 0.1) is 0 Å². The maximum Gasteiger partial charge on any atom is 0.417 e. The van der Waals surface area contributed by atoms with Gasteiger partial charge in [0.15, 0.2) is 0 Å². The molecule has 3 rings (SSSR count). The number of fused-ring (bicyclic) bond motifs is 1. The van der Waals surface area contributed by atoms with E-state index in [0.29, 0.717) is 5.56 Å². The fourth-order valence-electron chi connectivity index (χ4n) is 2.20. The van der Waals surface area contributed by atoms with Crippen LogP contribution in [-0.4, -0.2) is 15.5 Å². The fraction of sp³-hybridized carbons (Fsp3) is 0.0667. The molecule has 22 heavy (non-hydrogen) atoms. The number of aromatic nitrogens is 2. The zero-order valence-electron chi connectivity index (χ0n) is 10.9. The number of nitrogens with zero attached hydrogens (tertiary/aromatic N) is 2. The van der Waals surface area contributed by atoms with Gasteiger partial charge in [0.1, 0.15) is 10.3 Å². The third kappa shape index (κ3) is 2.52. The summed E-state index contributed by atoms with van der Waals surface area (Å²) in [5, 5.41) is -0.111. The molecule has 2 aromatic heterocycles. The summed E-state index contributed by atoms with van der Waals surface area (Å²) in [7, 11) is 0. The number of hydrogen-bond donors (Lipinski definition) is 0. The van der Waals surface area contributed by atoms with Crippen LogP contribution in [0.1, 0.15) is 15.9 Å². The lowest BCUT2D eigenvalue weighted by Crippen LogP contribution is -2.12. The van der Waals surface area contributed by atoms with Gasteiger partial charge in [0.25, 0.3) is 5.91 Å². The first-order valence-corrected chi connectivity index (χ1v) is 7.02. The van der Waals surface area contributed by atoms with Crippen molar-refractivity contribution < 1.29 is 18.0 Å². The molecule has 0 saturated heterocycles. The van der Waals surface area contributed by atoms with Gasteiger partial charge < -0.3 is 0 Å². The van der Waals surface area contributed by atoms with E-state index in [4.69, 9.17) is 0 Å². The molecule has 3 nitrogen and oxygen atoms in total. The van der Waals surface area contributed by atoms with Gasteiger partial charge in [0.2, 0.25) is 0 Å². The summed E-state index contributed by atoms with van der Waals surface area (Å²) in [6.45, 7) is 0. The van der Waals surface area contributed by atoms with Crippen LogP contribution in [0.25, 0.3) is 11.0 Å². The van der Waals surface area contributed by atoms with Crippen molar-refractivity contribution in [2.45, 2.75) is 6.18 Å². The number of rotatable bonds is 1. The topological polar surface area (TPSA) is 34.9 Å². The number of benzene rings is 1. The Morgan fingerprint density at radius 2 is 1.82 bits per heavy atom. The minimum absolute atomic E-state index is 0.0214. The standard InChI is InChI=1S/C15H8BrF3N2O/c16-12-8-11(15(17,18)19)10-6-7-21(13(10)20-12)14(22)9-4-2-1-3-5-9/h1-8H. The molecule has 0 fully saturated rings. The number of halogens is 4. The van der Waals surface area contributed by atoms with Crippen LogP contribution >= 0.6 is 15.9 Å². The largest absolute Gasteiger partial charge is 0.417 e. The Balaban J connectivity index is 2.21. The van der Waals surface area contributed by atoms with Gasteiger partial charge in [-0.2, -0.15) is 13.2 Å². The molecule has 0 aliphatic carbocycles. The first-order valence-electron chi connectivity index (χ1n) is 6.22. The average molecular weight is 369 g/mol. The summed E-state index contributed by atoms with van der Waals surface area (Å²) in [4.78, 5) is 16.4. The van der Waals surface area contributed by atoms with Gasteiger partial charge in [-0.05, 0) is 40.2 Å². The Bertz CT molecular complexity index is 856. The van der Waals surface area contributed by atoms with Crippen LogP contribution in [0.5, 0.6) is 0 Å². The van der Waals surface area contributed by atoms with Crippen molar-refractivity contribution in [2.24, 2.45) is 0 Å². The third-order valence-corrected chi connectivity index (χ3v) is 3.58. The van der Waals surface area contributed by atoms with Crippen LogP contribution in [0.3, 0.4) is 0 Å². The van der Waals surface area contributed by atoms with Crippen molar-refractivity contribution in [1.29, 1.82) is 0 Å². The van der Waals surface area contributed by atoms with Crippen LogP contribution in [0.4, 0.5) is 13.2 Å². The minimum atomic E-state index is -4.52. The molecule has 112 valence electrons. The fourth-order valence-corrected chi connectivity index (χ4v) is 2.59. The van der Waals surface area contributed by atoms with Crippen molar-refractivity contribution in [3.8, 4) is 0 Å². The van der Waals surface area contributed by atoms with Crippen LogP contribution < -0.4 is 0 Å². The quantitative estimate of drug-likeness (QED) is 0.592. The molecule has 0 unspecified atom stereocenters. The maximum atomic E-state index is 13.1. The van der Waals surface area contributed by atoms with Crippen LogP contribution in [0.2, 0.25) is 0 Å². The van der Waals surface area contributed by atoms with Gasteiger partial charge in [-0.15, -0.1) is 0 Å². The van der Waals surface area contributed by atoms with E-state index in [-0.39, 0.29) is 15.6 Å². The number of carbonyl (C=O) groups is 1. The van der Waals surface area contributed by atoms with E-state index in [9.17, 15) is 18.0 Å². The molecular formula is C15H8BrF3N2O. The molecule has 0 radical (unpaired) electrons. The minimum Gasteiger partial charge on any atom is -0.268 e. The molecule has 3 aromatic rings. The summed E-state index contributed by atoms with van der Waals surface area (Å²) >= 11 is 2.96. The lowest BCUT2D eigenvalue weighted by molar-refractivity contribution is -0.136. The Morgan fingerprint density at radius 3 is 2.45 bits per heavy atom. The molecule has 0 bridgehead atoms. The second-order valence-electron chi connectivity index (χ2n) is 4.58. The predicted octanol–water partition coefficient (Wildman–Crippen LogP) is 4.51. The van der Waals surface area contributed by atoms with Crippen LogP contribution in [0.15, 0.2) is 53.3 Å². The zero-order valence-corrected chi connectivity index (χ0v) is 12.5. The normalized spacial score (nSPS) is 11.8. The summed E-state index contributed by atoms with van der Waals surface area (Å²) < 4.78 is 40.4. The number of hydrogen-bond acceptors (Lipinski definition) is 2. The van der Waals surface area contributed by atoms with E-state index in [0.717, 1.165) is 10.6 Å². The molecule has 0 aliphatic heterocycles. The van der Waals surface area contributed by atoms with E-state index in [2.05, 4.69) is 20.9 Å². The lowest BCUT2D eigenvalue weighted by Gasteiger charge is -2.09. The first kappa shape index (κ1) is 14.8. The number of pyridine rings is 1. The van der Waals surface area contributed by atoms with Crippen molar-refractivity contribution in [3.63, 3.8) is 0 Å². The Kier molecular flexibility index (Phi) is 3.52. The van der Waals surface area contributed by atoms with Gasteiger partial charge in [-0.3, -0.25) is 9.36 Å². The molecular weight excluding hydrogens is 361 g/mol. The van der Waals surface area contributed by atoms with E-state index in [1.807, 2.05) is 0 Å². The van der Waals surface area contributed by atoms with E-state index < -0.39 is 17.6 Å².